The van der Waals surface area contributed by atoms with E-state index in [0.717, 1.165) is 27.8 Å². The van der Waals surface area contributed by atoms with Gasteiger partial charge < -0.3 is 14.4 Å². The third-order valence-corrected chi connectivity index (χ3v) is 6.21. The molecule has 8 nitrogen and oxygen atoms in total. The first-order valence-corrected chi connectivity index (χ1v) is 10.8. The Balaban J connectivity index is 1.41. The molecule has 1 saturated heterocycles. The number of aryl methyl sites for hydroxylation is 2. The highest BCUT2D eigenvalue weighted by Crippen LogP contribution is 2.33. The lowest BCUT2D eigenvalue weighted by molar-refractivity contribution is -0.117. The third-order valence-electron chi connectivity index (χ3n) is 6.21. The van der Waals surface area contributed by atoms with Crippen LogP contribution in [0.2, 0.25) is 0 Å². The van der Waals surface area contributed by atoms with E-state index in [2.05, 4.69) is 22.0 Å². The Bertz CT molecular complexity index is 1390. The van der Waals surface area contributed by atoms with Gasteiger partial charge in [-0.2, -0.15) is 4.98 Å². The van der Waals surface area contributed by atoms with Crippen molar-refractivity contribution in [2.75, 3.05) is 11.4 Å². The molecular formula is C24H25N5O3. The predicted octanol–water partition coefficient (Wildman–Crippen LogP) is 4.10. The van der Waals surface area contributed by atoms with Crippen LogP contribution in [0.15, 0.2) is 45.7 Å². The summed E-state index contributed by atoms with van der Waals surface area (Å²) in [4.78, 5) is 34.2. The van der Waals surface area contributed by atoms with Crippen molar-refractivity contribution in [3.8, 4) is 11.4 Å². The molecule has 32 heavy (non-hydrogen) atoms. The zero-order valence-electron chi connectivity index (χ0n) is 18.5. The van der Waals surface area contributed by atoms with Crippen LogP contribution in [-0.2, 0) is 4.79 Å². The summed E-state index contributed by atoms with van der Waals surface area (Å²) in [5.74, 6) is 0.785. The number of nitrogens with one attached hydrogen (secondary N) is 1. The van der Waals surface area contributed by atoms with Crippen LogP contribution in [0.1, 0.15) is 49.2 Å². The summed E-state index contributed by atoms with van der Waals surface area (Å²) in [6.45, 7) is 8.54. The van der Waals surface area contributed by atoms with Crippen molar-refractivity contribution in [3.05, 3.63) is 63.9 Å². The molecule has 1 amide bonds. The van der Waals surface area contributed by atoms with Crippen LogP contribution in [0.25, 0.3) is 22.4 Å². The molecule has 1 aliphatic rings. The SMILES string of the molecule is Cc1ccc(N2C[C@H](c3nc(-c4ccc5c(c4)[nH]c(=O)n5C(C)C)no3)CC2=O)cc1C. The number of aromatic nitrogens is 4. The van der Waals surface area contributed by atoms with Crippen molar-refractivity contribution in [3.63, 3.8) is 0 Å². The van der Waals surface area contributed by atoms with Crippen LogP contribution >= 0.6 is 0 Å². The van der Waals surface area contributed by atoms with Crippen LogP contribution in [0.5, 0.6) is 0 Å². The Kier molecular flexibility index (Phi) is 4.73. The zero-order chi connectivity index (χ0) is 22.6. The predicted molar refractivity (Wildman–Crippen MR) is 122 cm³/mol. The summed E-state index contributed by atoms with van der Waals surface area (Å²) in [6.07, 6.45) is 0.331. The summed E-state index contributed by atoms with van der Waals surface area (Å²) in [5, 5.41) is 4.14. The Morgan fingerprint density at radius 2 is 1.91 bits per heavy atom. The smallest absolute Gasteiger partial charge is 0.326 e. The number of carbonyl (C=O) groups excluding carboxylic acids is 1. The number of aromatic amines is 1. The molecule has 8 heteroatoms. The summed E-state index contributed by atoms with van der Waals surface area (Å²) in [7, 11) is 0. The molecule has 0 aliphatic carbocycles. The van der Waals surface area contributed by atoms with Crippen LogP contribution in [-0.4, -0.2) is 32.1 Å². The number of hydrogen-bond donors (Lipinski definition) is 1. The summed E-state index contributed by atoms with van der Waals surface area (Å²) >= 11 is 0. The van der Waals surface area contributed by atoms with Gasteiger partial charge in [0.25, 0.3) is 0 Å². The standard InChI is InChI=1S/C24H25N5O3/c1-13(2)29-20-8-6-16(10-19(20)25-24(29)31)22-26-23(32-27-22)17-11-21(30)28(12-17)18-7-5-14(3)15(4)9-18/h5-10,13,17H,11-12H2,1-4H3,(H,25,31)/t17-/m1/s1. The number of hydrogen-bond acceptors (Lipinski definition) is 5. The number of H-pyrrole nitrogens is 1. The van der Waals surface area contributed by atoms with Crippen molar-refractivity contribution in [1.29, 1.82) is 0 Å². The van der Waals surface area contributed by atoms with Gasteiger partial charge in [-0.25, -0.2) is 4.79 Å². The number of anilines is 1. The molecule has 5 rings (SSSR count). The number of imidazole rings is 1. The molecule has 164 valence electrons. The minimum atomic E-state index is -0.157. The molecule has 1 aliphatic heterocycles. The minimum Gasteiger partial charge on any atom is -0.339 e. The van der Waals surface area contributed by atoms with E-state index in [1.165, 1.54) is 5.56 Å². The maximum atomic E-state index is 12.7. The molecule has 4 aromatic rings. The molecule has 2 aromatic carbocycles. The van der Waals surface area contributed by atoms with Crippen LogP contribution in [0.3, 0.4) is 0 Å². The van der Waals surface area contributed by atoms with Gasteiger partial charge in [0.15, 0.2) is 0 Å². The number of nitrogens with zero attached hydrogens (tertiary/aromatic N) is 4. The van der Waals surface area contributed by atoms with Gasteiger partial charge in [-0.05, 0) is 69.2 Å². The van der Waals surface area contributed by atoms with E-state index in [1.807, 2.05) is 57.2 Å². The Morgan fingerprint density at radius 3 is 2.66 bits per heavy atom. The van der Waals surface area contributed by atoms with Crippen LogP contribution in [0.4, 0.5) is 5.69 Å². The average Bonchev–Trinajstić information content (AvgIpc) is 3.45. The molecule has 1 N–H and O–H groups in total. The first kappa shape index (κ1) is 20.2. The molecule has 0 spiro atoms. The number of rotatable bonds is 4. The van der Waals surface area contributed by atoms with E-state index in [1.54, 1.807) is 9.47 Å². The third kappa shape index (κ3) is 3.32. The van der Waals surface area contributed by atoms with Gasteiger partial charge in [-0.15, -0.1) is 0 Å². The highest BCUT2D eigenvalue weighted by atomic mass is 16.5. The first-order valence-electron chi connectivity index (χ1n) is 10.8. The monoisotopic (exact) mass is 431 g/mol. The van der Waals surface area contributed by atoms with Gasteiger partial charge in [-0.1, -0.05) is 11.2 Å². The Labute approximate surface area is 184 Å². The Morgan fingerprint density at radius 1 is 1.09 bits per heavy atom. The molecule has 2 aromatic heterocycles. The molecule has 0 saturated carbocycles. The largest absolute Gasteiger partial charge is 0.339 e. The summed E-state index contributed by atoms with van der Waals surface area (Å²) in [5.41, 5.74) is 5.41. The van der Waals surface area contributed by atoms with Crippen molar-refractivity contribution in [1.82, 2.24) is 19.7 Å². The minimum absolute atomic E-state index is 0.0482. The topological polar surface area (TPSA) is 97.0 Å². The fourth-order valence-corrected chi connectivity index (χ4v) is 4.32. The van der Waals surface area contributed by atoms with Gasteiger partial charge in [-0.3, -0.25) is 9.36 Å². The molecular weight excluding hydrogens is 406 g/mol. The maximum Gasteiger partial charge on any atom is 0.326 e. The lowest BCUT2D eigenvalue weighted by Crippen LogP contribution is -2.24. The van der Waals surface area contributed by atoms with Gasteiger partial charge in [0, 0.05) is 30.3 Å². The lowest BCUT2D eigenvalue weighted by Gasteiger charge is -2.17. The van der Waals surface area contributed by atoms with Gasteiger partial charge in [0.2, 0.25) is 17.6 Å². The van der Waals surface area contributed by atoms with Crippen LogP contribution < -0.4 is 10.6 Å². The molecule has 0 bridgehead atoms. The quantitative estimate of drug-likeness (QED) is 0.525. The van der Waals surface area contributed by atoms with Crippen molar-refractivity contribution < 1.29 is 9.32 Å². The van der Waals surface area contributed by atoms with Crippen molar-refractivity contribution >= 4 is 22.6 Å². The second-order valence-corrected chi connectivity index (χ2v) is 8.76. The highest BCUT2D eigenvalue weighted by Gasteiger charge is 2.35. The van der Waals surface area contributed by atoms with Gasteiger partial charge in [0.1, 0.15) is 0 Å². The van der Waals surface area contributed by atoms with E-state index in [0.29, 0.717) is 24.7 Å². The van der Waals surface area contributed by atoms with Crippen molar-refractivity contribution in [2.24, 2.45) is 0 Å². The highest BCUT2D eigenvalue weighted by molar-refractivity contribution is 5.96. The number of fused-ring (bicyclic) bond motifs is 1. The van der Waals surface area contributed by atoms with E-state index in [4.69, 9.17) is 4.52 Å². The number of benzene rings is 2. The normalized spacial score (nSPS) is 16.6. The summed E-state index contributed by atoms with van der Waals surface area (Å²) in [6, 6.07) is 11.7. The fraction of sp³-hybridized carbons (Fsp3) is 0.333. The molecule has 0 unspecified atom stereocenters. The van der Waals surface area contributed by atoms with E-state index >= 15 is 0 Å². The second-order valence-electron chi connectivity index (χ2n) is 8.76. The lowest BCUT2D eigenvalue weighted by atomic mass is 10.1. The molecule has 0 radical (unpaired) electrons. The molecule has 3 heterocycles. The maximum absolute atomic E-state index is 12.7. The Hall–Kier alpha value is -3.68. The molecule has 1 atom stereocenters. The van der Waals surface area contributed by atoms with E-state index in [-0.39, 0.29) is 23.6 Å². The van der Waals surface area contributed by atoms with Crippen LogP contribution in [0, 0.1) is 13.8 Å². The second kappa shape index (κ2) is 7.47. The van der Waals surface area contributed by atoms with E-state index < -0.39 is 0 Å². The number of carbonyl (C=O) groups is 1. The van der Waals surface area contributed by atoms with Crippen molar-refractivity contribution in [2.45, 2.75) is 46.1 Å². The average molecular weight is 431 g/mol. The van der Waals surface area contributed by atoms with E-state index in [9.17, 15) is 9.59 Å². The van der Waals surface area contributed by atoms with Gasteiger partial charge >= 0.3 is 5.69 Å². The van der Waals surface area contributed by atoms with Gasteiger partial charge in [0.05, 0.1) is 17.0 Å². The summed E-state index contributed by atoms with van der Waals surface area (Å²) < 4.78 is 7.26. The first-order chi connectivity index (χ1) is 15.3. The number of amides is 1. The fourth-order valence-electron chi connectivity index (χ4n) is 4.32. The molecule has 1 fully saturated rings. The zero-order valence-corrected chi connectivity index (χ0v) is 18.5.